The van der Waals surface area contributed by atoms with Gasteiger partial charge >= 0.3 is 0 Å². The van der Waals surface area contributed by atoms with Crippen molar-refractivity contribution >= 4 is 11.9 Å². The van der Waals surface area contributed by atoms with Gasteiger partial charge in [0.05, 0.1) is 19.0 Å². The quantitative estimate of drug-likeness (QED) is 0.608. The van der Waals surface area contributed by atoms with Gasteiger partial charge in [0.2, 0.25) is 0 Å². The fourth-order valence-corrected chi connectivity index (χ4v) is 1.40. The van der Waals surface area contributed by atoms with E-state index < -0.39 is 0 Å². The molecule has 18 heavy (non-hydrogen) atoms. The molecular formula is C14H12N2O2. The van der Waals surface area contributed by atoms with Crippen LogP contribution < -0.4 is 4.74 Å². The molecule has 0 N–H and O–H groups in total. The van der Waals surface area contributed by atoms with Crippen LogP contribution in [0.15, 0.2) is 48.9 Å². The van der Waals surface area contributed by atoms with Gasteiger partial charge in [-0.2, -0.15) is 0 Å². The zero-order chi connectivity index (χ0) is 12.8. The summed E-state index contributed by atoms with van der Waals surface area (Å²) < 4.78 is 5.02. The Morgan fingerprint density at radius 1 is 1.33 bits per heavy atom. The second-order valence-corrected chi connectivity index (χ2v) is 3.57. The molecule has 0 aromatic carbocycles. The number of ketones is 1. The zero-order valence-electron chi connectivity index (χ0n) is 9.91. The molecule has 0 radical (unpaired) electrons. The highest BCUT2D eigenvalue weighted by Gasteiger charge is 2.03. The molecule has 4 heteroatoms. The monoisotopic (exact) mass is 240 g/mol. The number of carbonyl (C=O) groups is 1. The van der Waals surface area contributed by atoms with Crippen molar-refractivity contribution in [2.75, 3.05) is 7.11 Å². The van der Waals surface area contributed by atoms with E-state index in [0.717, 1.165) is 5.69 Å². The summed E-state index contributed by atoms with van der Waals surface area (Å²) >= 11 is 0. The predicted molar refractivity (Wildman–Crippen MR) is 68.4 cm³/mol. The van der Waals surface area contributed by atoms with Gasteiger partial charge in [-0.05, 0) is 30.4 Å². The maximum absolute atomic E-state index is 11.9. The Hall–Kier alpha value is -2.49. The van der Waals surface area contributed by atoms with Gasteiger partial charge in [0.25, 0.3) is 0 Å². The van der Waals surface area contributed by atoms with E-state index in [-0.39, 0.29) is 5.78 Å². The molecule has 0 amide bonds. The first-order valence-electron chi connectivity index (χ1n) is 5.42. The molecule has 0 fully saturated rings. The van der Waals surface area contributed by atoms with Crippen molar-refractivity contribution in [3.8, 4) is 5.75 Å². The molecule has 4 nitrogen and oxygen atoms in total. The van der Waals surface area contributed by atoms with Crippen molar-refractivity contribution in [1.82, 2.24) is 9.97 Å². The van der Waals surface area contributed by atoms with Crippen LogP contribution in [0.4, 0.5) is 0 Å². The summed E-state index contributed by atoms with van der Waals surface area (Å²) in [6.07, 6.45) is 7.88. The highest BCUT2D eigenvalue weighted by molar-refractivity contribution is 6.06. The number of ether oxygens (including phenoxy) is 1. The molecule has 0 saturated carbocycles. The number of carbonyl (C=O) groups excluding carboxylic acids is 1. The largest absolute Gasteiger partial charge is 0.495 e. The number of hydrogen-bond donors (Lipinski definition) is 0. The Balaban J connectivity index is 2.14. The van der Waals surface area contributed by atoms with Gasteiger partial charge in [-0.3, -0.25) is 14.8 Å². The molecule has 0 spiro atoms. The van der Waals surface area contributed by atoms with Crippen LogP contribution in [0, 0.1) is 0 Å². The highest BCUT2D eigenvalue weighted by Crippen LogP contribution is 2.11. The van der Waals surface area contributed by atoms with Crippen LogP contribution in [0.3, 0.4) is 0 Å². The Morgan fingerprint density at radius 3 is 2.94 bits per heavy atom. The summed E-state index contributed by atoms with van der Waals surface area (Å²) in [6, 6.07) is 7.17. The van der Waals surface area contributed by atoms with Crippen molar-refractivity contribution < 1.29 is 9.53 Å². The molecular weight excluding hydrogens is 228 g/mol. The van der Waals surface area contributed by atoms with E-state index in [9.17, 15) is 4.79 Å². The topological polar surface area (TPSA) is 52.1 Å². The molecule has 0 bridgehead atoms. The Labute approximate surface area is 105 Å². The average Bonchev–Trinajstić information content (AvgIpc) is 2.46. The van der Waals surface area contributed by atoms with Gasteiger partial charge in [-0.25, -0.2) is 0 Å². The number of allylic oxidation sites excluding steroid dienone is 1. The molecule has 0 aliphatic carbocycles. The molecule has 0 aliphatic rings. The lowest BCUT2D eigenvalue weighted by atomic mass is 10.1. The second-order valence-electron chi connectivity index (χ2n) is 3.57. The molecule has 2 aromatic rings. The van der Waals surface area contributed by atoms with Crippen LogP contribution >= 0.6 is 0 Å². The number of aromatic nitrogens is 2. The van der Waals surface area contributed by atoms with Crippen molar-refractivity contribution in [3.05, 3.63) is 60.2 Å². The first-order valence-corrected chi connectivity index (χ1v) is 5.42. The van der Waals surface area contributed by atoms with E-state index in [1.54, 1.807) is 24.5 Å². The Bertz CT molecular complexity index is 565. The van der Waals surface area contributed by atoms with E-state index in [1.807, 2.05) is 18.2 Å². The number of methoxy groups -OCH3 is 1. The molecule has 0 atom stereocenters. The lowest BCUT2D eigenvalue weighted by molar-refractivity contribution is 0.104. The van der Waals surface area contributed by atoms with E-state index in [1.165, 1.54) is 19.4 Å². The van der Waals surface area contributed by atoms with Crippen molar-refractivity contribution in [2.45, 2.75) is 0 Å². The fraction of sp³-hybridized carbons (Fsp3) is 0.0714. The molecule has 2 heterocycles. The number of hydrogen-bond acceptors (Lipinski definition) is 4. The van der Waals surface area contributed by atoms with Crippen molar-refractivity contribution in [3.63, 3.8) is 0 Å². The van der Waals surface area contributed by atoms with Gasteiger partial charge in [0.1, 0.15) is 5.75 Å². The number of nitrogens with zero attached hydrogens (tertiary/aromatic N) is 2. The Morgan fingerprint density at radius 2 is 2.22 bits per heavy atom. The van der Waals surface area contributed by atoms with Gasteiger partial charge in [-0.15, -0.1) is 0 Å². The summed E-state index contributed by atoms with van der Waals surface area (Å²) in [5.41, 5.74) is 1.23. The molecule has 2 aromatic heterocycles. The van der Waals surface area contributed by atoms with E-state index in [2.05, 4.69) is 9.97 Å². The first kappa shape index (κ1) is 12.0. The van der Waals surface area contributed by atoms with Crippen molar-refractivity contribution in [2.24, 2.45) is 0 Å². The normalized spacial score (nSPS) is 10.5. The summed E-state index contributed by atoms with van der Waals surface area (Å²) in [5.74, 6) is 0.430. The van der Waals surface area contributed by atoms with Gasteiger partial charge in [0, 0.05) is 18.0 Å². The minimum atomic E-state index is -0.132. The van der Waals surface area contributed by atoms with Crippen molar-refractivity contribution in [1.29, 1.82) is 0 Å². The van der Waals surface area contributed by atoms with Gasteiger partial charge in [-0.1, -0.05) is 6.07 Å². The van der Waals surface area contributed by atoms with Crippen LogP contribution in [0.2, 0.25) is 0 Å². The minimum absolute atomic E-state index is 0.132. The van der Waals surface area contributed by atoms with Gasteiger partial charge in [0.15, 0.2) is 5.78 Å². The summed E-state index contributed by atoms with van der Waals surface area (Å²) in [4.78, 5) is 19.9. The van der Waals surface area contributed by atoms with Gasteiger partial charge < -0.3 is 4.74 Å². The summed E-state index contributed by atoms with van der Waals surface area (Å²) in [7, 11) is 1.54. The fourth-order valence-electron chi connectivity index (χ4n) is 1.40. The zero-order valence-corrected chi connectivity index (χ0v) is 9.91. The minimum Gasteiger partial charge on any atom is -0.495 e. The third-order valence-electron chi connectivity index (χ3n) is 2.33. The lowest BCUT2D eigenvalue weighted by Gasteiger charge is -2.00. The van der Waals surface area contributed by atoms with E-state index in [4.69, 9.17) is 4.74 Å². The lowest BCUT2D eigenvalue weighted by Crippen LogP contribution is -1.96. The van der Waals surface area contributed by atoms with Crippen LogP contribution in [0.25, 0.3) is 6.08 Å². The van der Waals surface area contributed by atoms with Crippen LogP contribution in [-0.4, -0.2) is 22.9 Å². The van der Waals surface area contributed by atoms with E-state index >= 15 is 0 Å². The van der Waals surface area contributed by atoms with Crippen LogP contribution in [0.1, 0.15) is 16.1 Å². The maximum atomic E-state index is 11.9. The first-order chi connectivity index (χ1) is 8.79. The third kappa shape index (κ3) is 3.01. The third-order valence-corrected chi connectivity index (χ3v) is 2.33. The smallest absolute Gasteiger partial charge is 0.187 e. The summed E-state index contributed by atoms with van der Waals surface area (Å²) in [6.45, 7) is 0. The second kappa shape index (κ2) is 5.72. The molecule has 2 rings (SSSR count). The average molecular weight is 240 g/mol. The highest BCUT2D eigenvalue weighted by atomic mass is 16.5. The maximum Gasteiger partial charge on any atom is 0.187 e. The predicted octanol–water partition coefficient (Wildman–Crippen LogP) is 2.38. The molecule has 90 valence electrons. The standard InChI is InChI=1S/C14H12N2O2/c1-18-13-8-11(9-15-10-13)14(17)6-5-12-4-2-3-7-16-12/h2-10H,1H3/b6-5+. The summed E-state index contributed by atoms with van der Waals surface area (Å²) in [5, 5.41) is 0. The SMILES string of the molecule is COc1cncc(C(=O)/C=C/c2ccccn2)c1. The van der Waals surface area contributed by atoms with E-state index in [0.29, 0.717) is 11.3 Å². The number of rotatable bonds is 4. The van der Waals surface area contributed by atoms with Crippen LogP contribution in [-0.2, 0) is 0 Å². The Kier molecular flexibility index (Phi) is 3.81. The molecule has 0 saturated heterocycles. The molecule has 0 unspecified atom stereocenters. The molecule has 0 aliphatic heterocycles. The van der Waals surface area contributed by atoms with Crippen LogP contribution in [0.5, 0.6) is 5.75 Å². The number of pyridine rings is 2.